The minimum atomic E-state index is -4.33. The number of hydrogen-bond donors (Lipinski definition) is 1. The van der Waals surface area contributed by atoms with Crippen molar-refractivity contribution >= 4 is 11.5 Å². The molecule has 0 saturated carbocycles. The fourth-order valence-corrected chi connectivity index (χ4v) is 2.33. The molecule has 0 unspecified atom stereocenters. The Labute approximate surface area is 114 Å². The van der Waals surface area contributed by atoms with Gasteiger partial charge in [-0.2, -0.15) is 13.2 Å². The molecule has 2 aromatic carbocycles. The second-order valence-corrected chi connectivity index (χ2v) is 4.64. The summed E-state index contributed by atoms with van der Waals surface area (Å²) in [7, 11) is 0. The maximum absolute atomic E-state index is 12.5. The molecule has 2 aromatic rings. The van der Waals surface area contributed by atoms with Crippen molar-refractivity contribution in [3.63, 3.8) is 0 Å². The van der Waals surface area contributed by atoms with E-state index in [9.17, 15) is 13.2 Å². The van der Waals surface area contributed by atoms with Gasteiger partial charge in [0, 0.05) is 11.3 Å². The van der Waals surface area contributed by atoms with Crippen LogP contribution in [0.4, 0.5) is 18.9 Å². The van der Waals surface area contributed by atoms with Crippen molar-refractivity contribution in [2.75, 3.05) is 4.90 Å². The first-order valence-electron chi connectivity index (χ1n) is 6.08. The lowest BCUT2D eigenvalue weighted by Crippen LogP contribution is -2.23. The number of nitrogens with zero attached hydrogens (tertiary/aromatic N) is 1. The van der Waals surface area contributed by atoms with Crippen LogP contribution >= 0.6 is 0 Å². The number of alkyl halides is 3. The molecular formula is C15H11F3N2. The van der Waals surface area contributed by atoms with Gasteiger partial charge in [-0.15, -0.1) is 0 Å². The van der Waals surface area contributed by atoms with Gasteiger partial charge in [-0.05, 0) is 29.8 Å². The second kappa shape index (κ2) is 4.37. The number of anilines is 1. The van der Waals surface area contributed by atoms with E-state index < -0.39 is 11.7 Å². The number of halogens is 3. The molecule has 0 aromatic heterocycles. The third-order valence-electron chi connectivity index (χ3n) is 3.38. The zero-order valence-corrected chi connectivity index (χ0v) is 10.4. The van der Waals surface area contributed by atoms with Gasteiger partial charge >= 0.3 is 6.18 Å². The molecule has 1 N–H and O–H groups in total. The van der Waals surface area contributed by atoms with Crippen molar-refractivity contribution in [1.82, 2.24) is 0 Å². The van der Waals surface area contributed by atoms with Crippen molar-refractivity contribution in [2.45, 2.75) is 12.7 Å². The van der Waals surface area contributed by atoms with Crippen LogP contribution in [0.15, 0.2) is 48.5 Å². The predicted molar refractivity (Wildman–Crippen MR) is 70.9 cm³/mol. The van der Waals surface area contributed by atoms with Crippen LogP contribution in [0.5, 0.6) is 0 Å². The first-order valence-corrected chi connectivity index (χ1v) is 6.08. The van der Waals surface area contributed by atoms with E-state index in [0.717, 1.165) is 23.3 Å². The van der Waals surface area contributed by atoms with E-state index in [1.165, 1.54) is 12.1 Å². The van der Waals surface area contributed by atoms with E-state index in [0.29, 0.717) is 18.1 Å². The van der Waals surface area contributed by atoms with Gasteiger partial charge in [0.2, 0.25) is 0 Å². The Bertz CT molecular complexity index is 660. The minimum Gasteiger partial charge on any atom is -0.322 e. The topological polar surface area (TPSA) is 27.1 Å². The van der Waals surface area contributed by atoms with Gasteiger partial charge in [-0.1, -0.05) is 24.3 Å². The lowest BCUT2D eigenvalue weighted by molar-refractivity contribution is -0.137. The van der Waals surface area contributed by atoms with E-state index in [4.69, 9.17) is 5.41 Å². The van der Waals surface area contributed by atoms with Gasteiger partial charge in [0.1, 0.15) is 5.84 Å². The van der Waals surface area contributed by atoms with Gasteiger partial charge in [-0.3, -0.25) is 5.41 Å². The number of amidine groups is 1. The first-order chi connectivity index (χ1) is 9.47. The standard InChI is InChI=1S/C15H11F3N2/c16-15(17,18)11-5-7-12(8-6-11)20-9-10-3-1-2-4-13(10)14(20)19/h1-8,19H,9H2. The van der Waals surface area contributed by atoms with Crippen LogP contribution in [0.3, 0.4) is 0 Å². The Kier molecular flexibility index (Phi) is 2.78. The van der Waals surface area contributed by atoms with Crippen molar-refractivity contribution in [2.24, 2.45) is 0 Å². The smallest absolute Gasteiger partial charge is 0.322 e. The zero-order valence-electron chi connectivity index (χ0n) is 10.4. The summed E-state index contributed by atoms with van der Waals surface area (Å²) in [6.45, 7) is 0.514. The van der Waals surface area contributed by atoms with E-state index in [1.807, 2.05) is 24.3 Å². The minimum absolute atomic E-state index is 0.320. The highest BCUT2D eigenvalue weighted by molar-refractivity contribution is 6.11. The Balaban J connectivity index is 1.91. The fraction of sp³-hybridized carbons (Fsp3) is 0.133. The molecule has 0 bridgehead atoms. The molecule has 5 heteroatoms. The lowest BCUT2D eigenvalue weighted by atomic mass is 10.1. The molecule has 102 valence electrons. The molecule has 1 aliphatic heterocycles. The molecular weight excluding hydrogens is 265 g/mol. The van der Waals surface area contributed by atoms with E-state index in [1.54, 1.807) is 4.90 Å². The molecule has 0 radical (unpaired) electrons. The number of benzene rings is 2. The van der Waals surface area contributed by atoms with Crippen molar-refractivity contribution in [1.29, 1.82) is 5.41 Å². The summed E-state index contributed by atoms with van der Waals surface area (Å²) in [6, 6.07) is 12.4. The molecule has 0 amide bonds. The zero-order chi connectivity index (χ0) is 14.3. The van der Waals surface area contributed by atoms with Crippen LogP contribution in [-0.4, -0.2) is 5.84 Å². The number of nitrogens with one attached hydrogen (secondary N) is 1. The van der Waals surface area contributed by atoms with Crippen LogP contribution in [0.2, 0.25) is 0 Å². The van der Waals surface area contributed by atoms with E-state index in [2.05, 4.69) is 0 Å². The van der Waals surface area contributed by atoms with Gasteiger partial charge in [0.05, 0.1) is 12.1 Å². The normalized spacial score (nSPS) is 14.6. The van der Waals surface area contributed by atoms with Crippen LogP contribution in [-0.2, 0) is 12.7 Å². The Hall–Kier alpha value is -2.30. The third kappa shape index (κ3) is 2.05. The summed E-state index contributed by atoms with van der Waals surface area (Å²) in [5.74, 6) is 0.320. The van der Waals surface area contributed by atoms with E-state index >= 15 is 0 Å². The first kappa shape index (κ1) is 12.7. The number of hydrogen-bond acceptors (Lipinski definition) is 1. The second-order valence-electron chi connectivity index (χ2n) is 4.64. The van der Waals surface area contributed by atoms with Crippen molar-refractivity contribution < 1.29 is 13.2 Å². The van der Waals surface area contributed by atoms with E-state index in [-0.39, 0.29) is 0 Å². The van der Waals surface area contributed by atoms with Crippen LogP contribution in [0.25, 0.3) is 0 Å². The predicted octanol–water partition coefficient (Wildman–Crippen LogP) is 4.05. The van der Waals surface area contributed by atoms with Crippen LogP contribution in [0, 0.1) is 5.41 Å². The SMILES string of the molecule is N=C1c2ccccc2CN1c1ccc(C(F)(F)F)cc1. The van der Waals surface area contributed by atoms with Gasteiger partial charge in [0.25, 0.3) is 0 Å². The highest BCUT2D eigenvalue weighted by Crippen LogP contribution is 2.32. The molecule has 0 aliphatic carbocycles. The van der Waals surface area contributed by atoms with Crippen molar-refractivity contribution in [3.8, 4) is 0 Å². The monoisotopic (exact) mass is 276 g/mol. The fourth-order valence-electron chi connectivity index (χ4n) is 2.33. The molecule has 3 rings (SSSR count). The molecule has 0 saturated heterocycles. The molecule has 1 heterocycles. The van der Waals surface area contributed by atoms with Crippen LogP contribution < -0.4 is 4.90 Å². The molecule has 20 heavy (non-hydrogen) atoms. The summed E-state index contributed by atoms with van der Waals surface area (Å²) in [5, 5.41) is 8.11. The highest BCUT2D eigenvalue weighted by atomic mass is 19.4. The number of fused-ring (bicyclic) bond motifs is 1. The highest BCUT2D eigenvalue weighted by Gasteiger charge is 2.31. The largest absolute Gasteiger partial charge is 0.416 e. The Morgan fingerprint density at radius 1 is 0.950 bits per heavy atom. The average molecular weight is 276 g/mol. The average Bonchev–Trinajstić information content (AvgIpc) is 2.76. The molecule has 1 aliphatic rings. The summed E-state index contributed by atoms with van der Waals surface area (Å²) in [6.07, 6.45) is -4.33. The quantitative estimate of drug-likeness (QED) is 0.835. The summed E-state index contributed by atoms with van der Waals surface area (Å²) in [5.41, 5.74) is 1.76. The van der Waals surface area contributed by atoms with Gasteiger partial charge in [-0.25, -0.2) is 0 Å². The maximum Gasteiger partial charge on any atom is 0.416 e. The van der Waals surface area contributed by atoms with Gasteiger partial charge < -0.3 is 4.90 Å². The number of rotatable bonds is 1. The Morgan fingerprint density at radius 3 is 2.20 bits per heavy atom. The third-order valence-corrected chi connectivity index (χ3v) is 3.38. The molecule has 0 spiro atoms. The molecule has 0 atom stereocenters. The molecule has 2 nitrogen and oxygen atoms in total. The lowest BCUT2D eigenvalue weighted by Gasteiger charge is -2.18. The van der Waals surface area contributed by atoms with Crippen molar-refractivity contribution in [3.05, 3.63) is 65.2 Å². The summed E-state index contributed by atoms with van der Waals surface area (Å²) < 4.78 is 37.6. The summed E-state index contributed by atoms with van der Waals surface area (Å²) in [4.78, 5) is 1.70. The molecule has 0 fully saturated rings. The van der Waals surface area contributed by atoms with Gasteiger partial charge in [0.15, 0.2) is 0 Å². The maximum atomic E-state index is 12.5. The summed E-state index contributed by atoms with van der Waals surface area (Å²) >= 11 is 0. The van der Waals surface area contributed by atoms with Crippen LogP contribution in [0.1, 0.15) is 16.7 Å². The Morgan fingerprint density at radius 2 is 1.60 bits per heavy atom.